The number of nitrogens with zero attached hydrogens (tertiary/aromatic N) is 2. The monoisotopic (exact) mass is 339 g/mol. The molecule has 1 aromatic heterocycles. The van der Waals surface area contributed by atoms with Crippen molar-refractivity contribution in [2.45, 2.75) is 50.6 Å². The lowest BCUT2D eigenvalue weighted by Gasteiger charge is -2.14. The lowest BCUT2D eigenvalue weighted by molar-refractivity contribution is -0.139. The molecule has 7 nitrogen and oxygen atoms in total. The number of hydrogen-bond donors (Lipinski definition) is 2. The Morgan fingerprint density at radius 3 is 2.65 bits per heavy atom. The lowest BCUT2D eigenvalue weighted by Crippen LogP contribution is -2.40. The van der Waals surface area contributed by atoms with Gasteiger partial charge in [0.05, 0.1) is 16.6 Å². The van der Waals surface area contributed by atoms with Gasteiger partial charge in [0.25, 0.3) is 0 Å². The molecule has 0 spiro atoms. The molecule has 0 aliphatic heterocycles. The zero-order valence-corrected chi connectivity index (χ0v) is 14.2. The molecule has 2 rings (SSSR count). The molecule has 0 bridgehead atoms. The van der Waals surface area contributed by atoms with Gasteiger partial charge in [-0.3, -0.25) is 9.48 Å². The standard InChI is InChI=1S/C15H21N3O4S/c1-4-5-13(15(19)20)17-23(21,22)12-6-7-14-11(8-12)9-16-18(14)10(2)3/h6-10,13,17H,4-5H2,1-3H3,(H,19,20). The van der Waals surface area contributed by atoms with Crippen LogP contribution < -0.4 is 4.72 Å². The molecule has 1 atom stereocenters. The molecule has 0 saturated carbocycles. The van der Waals surface area contributed by atoms with E-state index < -0.39 is 22.0 Å². The SMILES string of the molecule is CCCC(NS(=O)(=O)c1ccc2c(cnn2C(C)C)c1)C(=O)O. The fourth-order valence-corrected chi connectivity index (χ4v) is 3.65. The van der Waals surface area contributed by atoms with Gasteiger partial charge in [0, 0.05) is 11.4 Å². The van der Waals surface area contributed by atoms with E-state index in [1.165, 1.54) is 12.1 Å². The highest BCUT2D eigenvalue weighted by Crippen LogP contribution is 2.21. The van der Waals surface area contributed by atoms with Gasteiger partial charge in [0.15, 0.2) is 0 Å². The van der Waals surface area contributed by atoms with E-state index in [0.29, 0.717) is 11.8 Å². The number of rotatable bonds is 7. The first-order valence-electron chi connectivity index (χ1n) is 7.48. The summed E-state index contributed by atoms with van der Waals surface area (Å²) < 4.78 is 28.9. The zero-order chi connectivity index (χ0) is 17.2. The molecule has 23 heavy (non-hydrogen) atoms. The van der Waals surface area contributed by atoms with Crippen molar-refractivity contribution < 1.29 is 18.3 Å². The van der Waals surface area contributed by atoms with Crippen molar-refractivity contribution in [2.75, 3.05) is 0 Å². The summed E-state index contributed by atoms with van der Waals surface area (Å²) in [6.07, 6.45) is 2.41. The van der Waals surface area contributed by atoms with Crippen LogP contribution in [-0.2, 0) is 14.8 Å². The average Bonchev–Trinajstić information content (AvgIpc) is 2.89. The Kier molecular flexibility index (Phi) is 5.06. The number of aliphatic carboxylic acids is 1. The summed E-state index contributed by atoms with van der Waals surface area (Å²) in [4.78, 5) is 11.2. The summed E-state index contributed by atoms with van der Waals surface area (Å²) in [5.74, 6) is -1.18. The molecule has 2 aromatic rings. The van der Waals surface area contributed by atoms with Crippen LogP contribution in [0.25, 0.3) is 10.9 Å². The van der Waals surface area contributed by atoms with Gasteiger partial charge in [-0.25, -0.2) is 8.42 Å². The predicted octanol–water partition coefficient (Wildman–Crippen LogP) is 2.15. The van der Waals surface area contributed by atoms with E-state index in [1.807, 2.05) is 13.8 Å². The van der Waals surface area contributed by atoms with Crippen molar-refractivity contribution >= 4 is 26.9 Å². The molecule has 1 unspecified atom stereocenters. The fraction of sp³-hybridized carbons (Fsp3) is 0.467. The molecule has 0 radical (unpaired) electrons. The number of carbonyl (C=O) groups is 1. The molecule has 1 heterocycles. The summed E-state index contributed by atoms with van der Waals surface area (Å²) >= 11 is 0. The Morgan fingerprint density at radius 1 is 1.39 bits per heavy atom. The predicted molar refractivity (Wildman–Crippen MR) is 86.8 cm³/mol. The van der Waals surface area contributed by atoms with Crippen molar-refractivity contribution in [2.24, 2.45) is 0 Å². The van der Waals surface area contributed by atoms with Gasteiger partial charge >= 0.3 is 5.97 Å². The molecular formula is C15H21N3O4S. The summed E-state index contributed by atoms with van der Waals surface area (Å²) in [6.45, 7) is 5.78. The van der Waals surface area contributed by atoms with E-state index in [2.05, 4.69) is 9.82 Å². The molecule has 0 amide bonds. The Bertz CT molecular complexity index is 811. The highest BCUT2D eigenvalue weighted by Gasteiger charge is 2.25. The van der Waals surface area contributed by atoms with Crippen LogP contribution in [0.3, 0.4) is 0 Å². The molecule has 8 heteroatoms. The number of nitrogens with one attached hydrogen (secondary N) is 1. The number of carboxylic acid groups (broad SMARTS) is 1. The Balaban J connectivity index is 2.36. The first-order chi connectivity index (χ1) is 10.8. The summed E-state index contributed by atoms with van der Waals surface area (Å²) in [5, 5.41) is 14.1. The van der Waals surface area contributed by atoms with E-state index >= 15 is 0 Å². The topological polar surface area (TPSA) is 101 Å². The van der Waals surface area contributed by atoms with Crippen LogP contribution in [0.5, 0.6) is 0 Å². The second-order valence-electron chi connectivity index (χ2n) is 5.70. The Morgan fingerprint density at radius 2 is 2.09 bits per heavy atom. The van der Waals surface area contributed by atoms with Gasteiger partial charge in [0.1, 0.15) is 6.04 Å². The average molecular weight is 339 g/mol. The van der Waals surface area contributed by atoms with Crippen molar-refractivity contribution in [3.63, 3.8) is 0 Å². The van der Waals surface area contributed by atoms with Crippen molar-refractivity contribution in [3.05, 3.63) is 24.4 Å². The molecule has 126 valence electrons. The van der Waals surface area contributed by atoms with Crippen LogP contribution in [0.2, 0.25) is 0 Å². The van der Waals surface area contributed by atoms with E-state index in [4.69, 9.17) is 5.11 Å². The molecule has 2 N–H and O–H groups in total. The van der Waals surface area contributed by atoms with Gasteiger partial charge in [-0.05, 0) is 38.5 Å². The smallest absolute Gasteiger partial charge is 0.321 e. The van der Waals surface area contributed by atoms with E-state index in [-0.39, 0.29) is 17.4 Å². The van der Waals surface area contributed by atoms with Crippen LogP contribution in [0.4, 0.5) is 0 Å². The lowest BCUT2D eigenvalue weighted by atomic mass is 10.2. The van der Waals surface area contributed by atoms with Gasteiger partial charge in [-0.1, -0.05) is 13.3 Å². The van der Waals surface area contributed by atoms with Gasteiger partial charge < -0.3 is 5.11 Å². The van der Waals surface area contributed by atoms with E-state index in [1.54, 1.807) is 23.9 Å². The summed E-state index contributed by atoms with van der Waals surface area (Å²) in [7, 11) is -3.90. The summed E-state index contributed by atoms with van der Waals surface area (Å²) in [5.41, 5.74) is 0.835. The third-order valence-corrected chi connectivity index (χ3v) is 5.01. The molecule has 1 aromatic carbocycles. The maximum Gasteiger partial charge on any atom is 0.321 e. The number of aromatic nitrogens is 2. The third-order valence-electron chi connectivity index (χ3n) is 3.54. The van der Waals surface area contributed by atoms with Crippen molar-refractivity contribution in [3.8, 4) is 0 Å². The summed E-state index contributed by atoms with van der Waals surface area (Å²) in [6, 6.07) is 3.70. The quantitative estimate of drug-likeness (QED) is 0.805. The number of fused-ring (bicyclic) bond motifs is 1. The second kappa shape index (κ2) is 6.67. The largest absolute Gasteiger partial charge is 0.480 e. The van der Waals surface area contributed by atoms with Gasteiger partial charge in [0.2, 0.25) is 10.0 Å². The highest BCUT2D eigenvalue weighted by molar-refractivity contribution is 7.89. The highest BCUT2D eigenvalue weighted by atomic mass is 32.2. The number of carboxylic acids is 1. The number of hydrogen-bond acceptors (Lipinski definition) is 4. The van der Waals surface area contributed by atoms with Crippen LogP contribution in [0, 0.1) is 0 Å². The van der Waals surface area contributed by atoms with Crippen LogP contribution in [-0.4, -0.2) is 35.3 Å². The maximum atomic E-state index is 12.4. The molecule has 0 saturated heterocycles. The first-order valence-corrected chi connectivity index (χ1v) is 8.97. The zero-order valence-electron chi connectivity index (χ0n) is 13.4. The first kappa shape index (κ1) is 17.4. The molecular weight excluding hydrogens is 318 g/mol. The second-order valence-corrected chi connectivity index (χ2v) is 7.42. The minimum absolute atomic E-state index is 0.0376. The Hall–Kier alpha value is -1.93. The third kappa shape index (κ3) is 3.70. The van der Waals surface area contributed by atoms with E-state index in [9.17, 15) is 13.2 Å². The minimum Gasteiger partial charge on any atom is -0.480 e. The Labute approximate surface area is 135 Å². The van der Waals surface area contributed by atoms with Crippen molar-refractivity contribution in [1.82, 2.24) is 14.5 Å². The normalized spacial score (nSPS) is 13.6. The number of benzene rings is 1. The van der Waals surface area contributed by atoms with E-state index in [0.717, 1.165) is 5.52 Å². The molecule has 0 aliphatic carbocycles. The van der Waals surface area contributed by atoms with Gasteiger partial charge in [-0.2, -0.15) is 9.82 Å². The maximum absolute atomic E-state index is 12.4. The van der Waals surface area contributed by atoms with Crippen LogP contribution >= 0.6 is 0 Å². The number of sulfonamides is 1. The molecule has 0 fully saturated rings. The van der Waals surface area contributed by atoms with Crippen LogP contribution in [0.15, 0.2) is 29.3 Å². The van der Waals surface area contributed by atoms with Crippen molar-refractivity contribution in [1.29, 1.82) is 0 Å². The van der Waals surface area contributed by atoms with Gasteiger partial charge in [-0.15, -0.1) is 0 Å². The minimum atomic E-state index is -3.90. The molecule has 0 aliphatic rings. The fourth-order valence-electron chi connectivity index (χ4n) is 2.39. The van der Waals surface area contributed by atoms with Crippen LogP contribution in [0.1, 0.15) is 39.7 Å².